The fourth-order valence-corrected chi connectivity index (χ4v) is 4.74. The highest BCUT2D eigenvalue weighted by Gasteiger charge is 2.33. The number of nitrogens with zero attached hydrogens (tertiary/aromatic N) is 3. The third-order valence-corrected chi connectivity index (χ3v) is 6.54. The van der Waals surface area contributed by atoms with Crippen molar-refractivity contribution in [1.29, 1.82) is 0 Å². The van der Waals surface area contributed by atoms with Crippen LogP contribution in [0.5, 0.6) is 0 Å². The van der Waals surface area contributed by atoms with Crippen molar-refractivity contribution in [3.63, 3.8) is 0 Å². The summed E-state index contributed by atoms with van der Waals surface area (Å²) >= 11 is 6.16. The first-order valence-electron chi connectivity index (χ1n) is 11.8. The van der Waals surface area contributed by atoms with Crippen LogP contribution in [0, 0.1) is 6.92 Å². The number of benzene rings is 3. The SMILES string of the molecule is CC[C@H](c1nc2ccccc2c(=O)n1-c1ccc(Cl)cc1C)N(CC)C(=O)c1cccc(C(F)(F)F)c1. The van der Waals surface area contributed by atoms with E-state index in [1.165, 1.54) is 21.6 Å². The molecular formula is C28H25ClF3N3O2. The van der Waals surface area contributed by atoms with E-state index in [1.807, 2.05) is 13.8 Å². The smallest absolute Gasteiger partial charge is 0.329 e. The maximum atomic E-state index is 13.8. The van der Waals surface area contributed by atoms with E-state index in [4.69, 9.17) is 16.6 Å². The normalized spacial score (nSPS) is 12.5. The minimum absolute atomic E-state index is 0.0903. The van der Waals surface area contributed by atoms with E-state index in [0.717, 1.165) is 17.7 Å². The summed E-state index contributed by atoms with van der Waals surface area (Å²) in [5.74, 6) is -0.263. The number of hydrogen-bond acceptors (Lipinski definition) is 3. The molecule has 0 fully saturated rings. The van der Waals surface area contributed by atoms with Crippen molar-refractivity contribution in [2.75, 3.05) is 6.54 Å². The van der Waals surface area contributed by atoms with Gasteiger partial charge in [-0.2, -0.15) is 13.2 Å². The third-order valence-electron chi connectivity index (χ3n) is 6.30. The number of rotatable bonds is 6. The van der Waals surface area contributed by atoms with Gasteiger partial charge in [0.25, 0.3) is 11.5 Å². The van der Waals surface area contributed by atoms with Gasteiger partial charge in [-0.3, -0.25) is 14.2 Å². The molecule has 4 aromatic rings. The number of fused-ring (bicyclic) bond motifs is 1. The van der Waals surface area contributed by atoms with Gasteiger partial charge in [-0.1, -0.05) is 36.7 Å². The molecule has 0 spiro atoms. The van der Waals surface area contributed by atoms with Crippen molar-refractivity contribution in [3.05, 3.63) is 105 Å². The number of carbonyl (C=O) groups is 1. The summed E-state index contributed by atoms with van der Waals surface area (Å²) in [6, 6.07) is 15.7. The Morgan fingerprint density at radius 1 is 1.05 bits per heavy atom. The van der Waals surface area contributed by atoms with Gasteiger partial charge >= 0.3 is 6.18 Å². The summed E-state index contributed by atoms with van der Waals surface area (Å²) in [6.07, 6.45) is -4.21. The van der Waals surface area contributed by atoms with Gasteiger partial charge in [0.2, 0.25) is 0 Å². The van der Waals surface area contributed by atoms with Crippen LogP contribution in [0.15, 0.2) is 71.5 Å². The molecule has 0 N–H and O–H groups in total. The molecular weight excluding hydrogens is 503 g/mol. The summed E-state index contributed by atoms with van der Waals surface area (Å²) in [4.78, 5) is 33.6. The van der Waals surface area contributed by atoms with Gasteiger partial charge in [-0.05, 0) is 74.4 Å². The van der Waals surface area contributed by atoms with Gasteiger partial charge in [0, 0.05) is 17.1 Å². The lowest BCUT2D eigenvalue weighted by Crippen LogP contribution is -2.38. The molecule has 4 rings (SSSR count). The molecule has 0 radical (unpaired) electrons. The molecule has 3 aromatic carbocycles. The first kappa shape index (κ1) is 26.4. The standard InChI is InChI=1S/C28H25ClF3N3O2/c1-4-23(34(5-2)26(36)18-9-8-10-19(16-18)28(30,31)32)25-33-22-12-7-6-11-21(22)27(37)35(25)24-14-13-20(29)15-17(24)3/h6-16,23H,4-5H2,1-3H3/t23-/m1/s1. The Morgan fingerprint density at radius 2 is 1.78 bits per heavy atom. The zero-order valence-corrected chi connectivity index (χ0v) is 21.3. The number of amides is 1. The number of carbonyl (C=O) groups excluding carboxylic acids is 1. The minimum Gasteiger partial charge on any atom is -0.329 e. The molecule has 0 saturated carbocycles. The maximum absolute atomic E-state index is 13.8. The zero-order valence-electron chi connectivity index (χ0n) is 20.5. The van der Waals surface area contributed by atoms with E-state index in [-0.39, 0.29) is 17.7 Å². The van der Waals surface area contributed by atoms with Crippen LogP contribution >= 0.6 is 11.6 Å². The van der Waals surface area contributed by atoms with Crippen LogP contribution in [-0.2, 0) is 6.18 Å². The number of aryl methyl sites for hydroxylation is 1. The second-order valence-electron chi connectivity index (χ2n) is 8.65. The van der Waals surface area contributed by atoms with Crippen LogP contribution in [0.2, 0.25) is 5.02 Å². The molecule has 0 saturated heterocycles. The quantitative estimate of drug-likeness (QED) is 0.272. The third kappa shape index (κ3) is 5.11. The number of halogens is 4. The van der Waals surface area contributed by atoms with Crippen molar-refractivity contribution in [3.8, 4) is 5.69 Å². The minimum atomic E-state index is -4.58. The molecule has 0 bridgehead atoms. The number of aromatic nitrogens is 2. The molecule has 1 aromatic heterocycles. The predicted molar refractivity (Wildman–Crippen MR) is 138 cm³/mol. The lowest BCUT2D eigenvalue weighted by Gasteiger charge is -2.32. The van der Waals surface area contributed by atoms with Gasteiger partial charge < -0.3 is 4.90 Å². The Kier molecular flexibility index (Phi) is 7.41. The second-order valence-corrected chi connectivity index (χ2v) is 9.09. The van der Waals surface area contributed by atoms with Crippen molar-refractivity contribution in [1.82, 2.24) is 14.5 Å². The monoisotopic (exact) mass is 527 g/mol. The second kappa shape index (κ2) is 10.4. The van der Waals surface area contributed by atoms with E-state index < -0.39 is 23.7 Å². The maximum Gasteiger partial charge on any atom is 0.416 e. The summed E-state index contributed by atoms with van der Waals surface area (Å²) in [5, 5.41) is 0.911. The summed E-state index contributed by atoms with van der Waals surface area (Å²) in [6.45, 7) is 5.59. The Balaban J connectivity index is 1.93. The van der Waals surface area contributed by atoms with Crippen LogP contribution < -0.4 is 5.56 Å². The molecule has 5 nitrogen and oxygen atoms in total. The highest BCUT2D eigenvalue weighted by molar-refractivity contribution is 6.30. The van der Waals surface area contributed by atoms with Crippen molar-refractivity contribution >= 4 is 28.4 Å². The van der Waals surface area contributed by atoms with Crippen LogP contribution in [-0.4, -0.2) is 26.9 Å². The molecule has 37 heavy (non-hydrogen) atoms. The molecule has 0 aliphatic rings. The van der Waals surface area contributed by atoms with E-state index >= 15 is 0 Å². The fourth-order valence-electron chi connectivity index (χ4n) is 4.52. The zero-order chi connectivity index (χ0) is 26.9. The molecule has 9 heteroatoms. The highest BCUT2D eigenvalue weighted by atomic mass is 35.5. The van der Waals surface area contributed by atoms with Gasteiger partial charge in [0.15, 0.2) is 0 Å². The molecule has 0 unspecified atom stereocenters. The van der Waals surface area contributed by atoms with Crippen molar-refractivity contribution in [2.45, 2.75) is 39.4 Å². The van der Waals surface area contributed by atoms with E-state index in [0.29, 0.717) is 33.9 Å². The summed E-state index contributed by atoms with van der Waals surface area (Å²) in [7, 11) is 0. The molecule has 0 aliphatic heterocycles. The molecule has 1 atom stereocenters. The summed E-state index contributed by atoms with van der Waals surface area (Å²) in [5.41, 5.74) is 0.449. The molecule has 1 amide bonds. The molecule has 0 aliphatic carbocycles. The lowest BCUT2D eigenvalue weighted by atomic mass is 10.1. The van der Waals surface area contributed by atoms with Crippen LogP contribution in [0.3, 0.4) is 0 Å². The van der Waals surface area contributed by atoms with Crippen LogP contribution in [0.4, 0.5) is 13.2 Å². The van der Waals surface area contributed by atoms with Crippen molar-refractivity contribution in [2.24, 2.45) is 0 Å². The van der Waals surface area contributed by atoms with Crippen molar-refractivity contribution < 1.29 is 18.0 Å². The average Bonchev–Trinajstić information content (AvgIpc) is 2.87. The van der Waals surface area contributed by atoms with Gasteiger partial charge in [0.05, 0.1) is 28.2 Å². The topological polar surface area (TPSA) is 55.2 Å². The van der Waals surface area contributed by atoms with Crippen LogP contribution in [0.25, 0.3) is 16.6 Å². The Labute approximate surface area is 217 Å². The fraction of sp³-hybridized carbons (Fsp3) is 0.250. The first-order chi connectivity index (χ1) is 17.6. The lowest BCUT2D eigenvalue weighted by molar-refractivity contribution is -0.137. The van der Waals surface area contributed by atoms with Gasteiger partial charge in [-0.25, -0.2) is 4.98 Å². The van der Waals surface area contributed by atoms with Crippen LogP contribution in [0.1, 0.15) is 53.6 Å². The number of para-hydroxylation sites is 1. The van der Waals surface area contributed by atoms with E-state index in [9.17, 15) is 22.8 Å². The predicted octanol–water partition coefficient (Wildman–Crippen LogP) is 6.98. The van der Waals surface area contributed by atoms with Gasteiger partial charge in [0.1, 0.15) is 5.82 Å². The Hall–Kier alpha value is -3.65. The Bertz CT molecular complexity index is 1530. The summed E-state index contributed by atoms with van der Waals surface area (Å²) < 4.78 is 41.4. The van der Waals surface area contributed by atoms with Gasteiger partial charge in [-0.15, -0.1) is 0 Å². The number of alkyl halides is 3. The van der Waals surface area contributed by atoms with E-state index in [1.54, 1.807) is 49.4 Å². The highest BCUT2D eigenvalue weighted by Crippen LogP contribution is 2.32. The Morgan fingerprint density at radius 3 is 2.43 bits per heavy atom. The largest absolute Gasteiger partial charge is 0.416 e. The molecule has 1 heterocycles. The number of hydrogen-bond donors (Lipinski definition) is 0. The van der Waals surface area contributed by atoms with E-state index in [2.05, 4.69) is 0 Å². The molecule has 192 valence electrons. The first-order valence-corrected chi connectivity index (χ1v) is 12.2. The average molecular weight is 528 g/mol.